The largest absolute Gasteiger partial charge is 0.379 e. The van der Waals surface area contributed by atoms with Crippen LogP contribution in [0.5, 0.6) is 0 Å². The molecule has 36 heavy (non-hydrogen) atoms. The highest BCUT2D eigenvalue weighted by molar-refractivity contribution is 5.96. The molecule has 1 aromatic carbocycles. The summed E-state index contributed by atoms with van der Waals surface area (Å²) >= 11 is 0. The Kier molecular flexibility index (Phi) is 7.20. The standard InChI is InChI=1S/C27H38N6O3/c1-18-16-20(7-8-21(18)26(35)32-14-4-3-6-19(32)2)30-24-23-22(9-13-29-25(23)34)33(31-24)27(11-12-28)10-5-15-36-17-27/h7-8,16,19,22-24,30-31H,3-6,9-11,13-15,17H2,1-2H3,(H,29,34)/t19-,22?,23?,24?,27+/m1/s1. The molecule has 0 bridgehead atoms. The van der Waals surface area contributed by atoms with E-state index in [9.17, 15) is 14.9 Å². The Bertz CT molecular complexity index is 1030. The van der Waals surface area contributed by atoms with Gasteiger partial charge in [-0.05, 0) is 76.1 Å². The third-order valence-electron chi connectivity index (χ3n) is 8.49. The molecule has 0 aromatic heterocycles. The van der Waals surface area contributed by atoms with Crippen LogP contribution in [0.4, 0.5) is 5.69 Å². The molecule has 0 aliphatic carbocycles. The quantitative estimate of drug-likeness (QED) is 0.577. The fraction of sp³-hybridized carbons (Fsp3) is 0.667. The Labute approximate surface area is 213 Å². The van der Waals surface area contributed by atoms with E-state index in [4.69, 9.17) is 4.74 Å². The molecule has 5 atom stereocenters. The number of aryl methyl sites for hydroxylation is 1. The molecular formula is C27H38N6O3. The highest BCUT2D eigenvalue weighted by Gasteiger charge is 2.54. The van der Waals surface area contributed by atoms with Crippen molar-refractivity contribution in [2.75, 3.05) is 31.6 Å². The van der Waals surface area contributed by atoms with E-state index in [0.717, 1.165) is 55.5 Å². The highest BCUT2D eigenvalue weighted by Crippen LogP contribution is 2.39. The monoisotopic (exact) mass is 494 g/mol. The molecule has 3 N–H and O–H groups in total. The number of nitrogens with zero attached hydrogens (tertiary/aromatic N) is 3. The number of hydrogen-bond acceptors (Lipinski definition) is 7. The number of amides is 2. The first-order valence-electron chi connectivity index (χ1n) is 13.4. The number of rotatable bonds is 5. The predicted octanol–water partition coefficient (Wildman–Crippen LogP) is 2.54. The molecule has 4 heterocycles. The number of carbonyl (C=O) groups is 2. The predicted molar refractivity (Wildman–Crippen MR) is 136 cm³/mol. The van der Waals surface area contributed by atoms with Crippen LogP contribution in [0.3, 0.4) is 0 Å². The van der Waals surface area contributed by atoms with Gasteiger partial charge in [-0.3, -0.25) is 9.59 Å². The van der Waals surface area contributed by atoms with Crippen molar-refractivity contribution in [1.29, 1.82) is 5.26 Å². The molecule has 1 aromatic rings. The first-order chi connectivity index (χ1) is 17.4. The van der Waals surface area contributed by atoms with Gasteiger partial charge < -0.3 is 20.3 Å². The van der Waals surface area contributed by atoms with Crippen molar-refractivity contribution in [3.63, 3.8) is 0 Å². The van der Waals surface area contributed by atoms with Gasteiger partial charge in [0.1, 0.15) is 6.17 Å². The molecule has 0 radical (unpaired) electrons. The van der Waals surface area contributed by atoms with Gasteiger partial charge in [-0.1, -0.05) is 0 Å². The zero-order chi connectivity index (χ0) is 25.3. The van der Waals surface area contributed by atoms with Crippen molar-refractivity contribution in [1.82, 2.24) is 20.7 Å². The van der Waals surface area contributed by atoms with Crippen molar-refractivity contribution in [3.05, 3.63) is 29.3 Å². The van der Waals surface area contributed by atoms with Gasteiger partial charge in [0.15, 0.2) is 0 Å². The number of hydrazine groups is 1. The number of benzene rings is 1. The van der Waals surface area contributed by atoms with Crippen LogP contribution in [0, 0.1) is 24.2 Å². The van der Waals surface area contributed by atoms with Crippen molar-refractivity contribution >= 4 is 17.5 Å². The summed E-state index contributed by atoms with van der Waals surface area (Å²) in [7, 11) is 0. The number of nitriles is 1. The summed E-state index contributed by atoms with van der Waals surface area (Å²) in [6.07, 6.45) is 5.88. The third kappa shape index (κ3) is 4.58. The third-order valence-corrected chi connectivity index (χ3v) is 8.49. The Morgan fingerprint density at radius 3 is 2.89 bits per heavy atom. The Morgan fingerprint density at radius 2 is 2.17 bits per heavy atom. The minimum atomic E-state index is -0.443. The number of nitrogens with one attached hydrogen (secondary N) is 3. The lowest BCUT2D eigenvalue weighted by Gasteiger charge is -2.46. The van der Waals surface area contributed by atoms with Crippen LogP contribution in [0.15, 0.2) is 18.2 Å². The van der Waals surface area contributed by atoms with E-state index in [1.54, 1.807) is 0 Å². The summed E-state index contributed by atoms with van der Waals surface area (Å²) in [6.45, 7) is 6.72. The van der Waals surface area contributed by atoms with Gasteiger partial charge in [0.2, 0.25) is 5.91 Å². The maximum Gasteiger partial charge on any atom is 0.254 e. The van der Waals surface area contributed by atoms with E-state index in [1.807, 2.05) is 30.0 Å². The minimum Gasteiger partial charge on any atom is -0.379 e. The number of hydrogen-bond donors (Lipinski definition) is 3. The van der Waals surface area contributed by atoms with Crippen molar-refractivity contribution in [2.45, 2.75) is 82.6 Å². The second-order valence-corrected chi connectivity index (χ2v) is 10.9. The second-order valence-electron chi connectivity index (χ2n) is 10.9. The van der Waals surface area contributed by atoms with E-state index in [0.29, 0.717) is 26.2 Å². The fourth-order valence-corrected chi connectivity index (χ4v) is 6.54. The number of ether oxygens (including phenoxy) is 1. The van der Waals surface area contributed by atoms with Crippen LogP contribution in [0.25, 0.3) is 0 Å². The normalized spacial score (nSPS) is 32.9. The van der Waals surface area contributed by atoms with Gasteiger partial charge in [0, 0.05) is 43.0 Å². The lowest BCUT2D eigenvalue weighted by Crippen LogP contribution is -2.61. The molecule has 4 fully saturated rings. The summed E-state index contributed by atoms with van der Waals surface area (Å²) < 4.78 is 5.83. The molecule has 0 spiro atoms. The lowest BCUT2D eigenvalue weighted by atomic mass is 9.84. The molecule has 2 amide bonds. The van der Waals surface area contributed by atoms with Crippen LogP contribution in [0.1, 0.15) is 67.8 Å². The summed E-state index contributed by atoms with van der Waals surface area (Å²) in [6, 6.07) is 8.44. The van der Waals surface area contributed by atoms with Crippen LogP contribution < -0.4 is 16.1 Å². The number of likely N-dealkylation sites (tertiary alicyclic amines) is 1. The lowest BCUT2D eigenvalue weighted by molar-refractivity contribution is -0.130. The van der Waals surface area contributed by atoms with E-state index in [1.165, 1.54) is 6.42 Å². The summed E-state index contributed by atoms with van der Waals surface area (Å²) in [4.78, 5) is 28.2. The maximum atomic E-state index is 13.2. The van der Waals surface area contributed by atoms with Crippen LogP contribution >= 0.6 is 0 Å². The zero-order valence-corrected chi connectivity index (χ0v) is 21.4. The minimum absolute atomic E-state index is 0.0187. The van der Waals surface area contributed by atoms with Gasteiger partial charge in [-0.2, -0.15) is 5.26 Å². The van der Waals surface area contributed by atoms with Crippen molar-refractivity contribution in [2.24, 2.45) is 5.92 Å². The number of anilines is 1. The molecule has 194 valence electrons. The number of carbonyl (C=O) groups excluding carboxylic acids is 2. The maximum absolute atomic E-state index is 13.2. The van der Waals surface area contributed by atoms with Gasteiger partial charge >= 0.3 is 0 Å². The zero-order valence-electron chi connectivity index (χ0n) is 21.4. The van der Waals surface area contributed by atoms with E-state index in [-0.39, 0.29) is 36.0 Å². The van der Waals surface area contributed by atoms with Crippen molar-refractivity contribution < 1.29 is 14.3 Å². The first kappa shape index (κ1) is 25.0. The van der Waals surface area contributed by atoms with Crippen molar-refractivity contribution in [3.8, 4) is 6.07 Å². The Morgan fingerprint density at radius 1 is 1.31 bits per heavy atom. The summed E-state index contributed by atoms with van der Waals surface area (Å²) in [5.74, 6) is -0.184. The molecule has 4 aliphatic rings. The number of piperidine rings is 2. The van der Waals surface area contributed by atoms with Crippen LogP contribution in [-0.2, 0) is 9.53 Å². The Balaban J connectivity index is 1.36. The van der Waals surface area contributed by atoms with E-state index < -0.39 is 5.54 Å². The smallest absolute Gasteiger partial charge is 0.254 e. The average molecular weight is 495 g/mol. The second kappa shape index (κ2) is 10.4. The molecular weight excluding hydrogens is 456 g/mol. The van der Waals surface area contributed by atoms with E-state index >= 15 is 0 Å². The molecule has 9 nitrogen and oxygen atoms in total. The summed E-state index contributed by atoms with van der Waals surface area (Å²) in [5.41, 5.74) is 5.65. The van der Waals surface area contributed by atoms with Gasteiger partial charge in [0.05, 0.1) is 30.6 Å². The average Bonchev–Trinajstić information content (AvgIpc) is 3.25. The first-order valence-corrected chi connectivity index (χ1v) is 13.4. The molecule has 4 aliphatic heterocycles. The molecule has 0 saturated carbocycles. The Hall–Kier alpha value is -2.67. The SMILES string of the molecule is Cc1cc(NC2NN([C@]3(CC#N)CCCOC3)C3CCNC(=O)C23)ccc1C(=O)N1CCCC[C@H]1C. The highest BCUT2D eigenvalue weighted by atomic mass is 16.5. The van der Waals surface area contributed by atoms with Crippen LogP contribution in [-0.4, -0.2) is 71.8 Å². The van der Waals surface area contributed by atoms with E-state index in [2.05, 4.69) is 34.1 Å². The fourth-order valence-electron chi connectivity index (χ4n) is 6.54. The van der Waals surface area contributed by atoms with Gasteiger partial charge in [-0.25, -0.2) is 10.4 Å². The van der Waals surface area contributed by atoms with Gasteiger partial charge in [-0.15, -0.1) is 0 Å². The molecule has 5 rings (SSSR count). The molecule has 4 saturated heterocycles. The number of fused-ring (bicyclic) bond motifs is 1. The van der Waals surface area contributed by atoms with Crippen LogP contribution in [0.2, 0.25) is 0 Å². The topological polar surface area (TPSA) is 110 Å². The summed E-state index contributed by atoms with van der Waals surface area (Å²) in [5, 5.41) is 18.3. The van der Waals surface area contributed by atoms with Gasteiger partial charge in [0.25, 0.3) is 5.91 Å². The molecule has 3 unspecified atom stereocenters. The molecule has 9 heteroatoms.